The lowest BCUT2D eigenvalue weighted by molar-refractivity contribution is -0.0527. The number of hydrogen-bond acceptors (Lipinski definition) is 0. The van der Waals surface area contributed by atoms with Crippen molar-refractivity contribution in [2.45, 2.75) is 149 Å². The van der Waals surface area contributed by atoms with Gasteiger partial charge in [0, 0.05) is 0 Å². The van der Waals surface area contributed by atoms with Gasteiger partial charge in [-0.15, -0.1) is 0 Å². The molecule has 0 fully saturated rings. The maximum Gasteiger partial charge on any atom is 0.0985 e. The summed E-state index contributed by atoms with van der Waals surface area (Å²) in [5, 5.41) is 13.1. The topological polar surface area (TPSA) is 19.9 Å². The van der Waals surface area contributed by atoms with Gasteiger partial charge in [-0.1, -0.05) is 118 Å². The Balaban J connectivity index is 4.47. The minimum atomic E-state index is -0.330. The Kier molecular flexibility index (Phi) is 17.3. The van der Waals surface area contributed by atoms with E-state index in [0.29, 0.717) is 0 Å². The van der Waals surface area contributed by atoms with Crippen molar-refractivity contribution in [3.05, 3.63) is 0 Å². The molecule has 0 aromatic heterocycles. The summed E-state index contributed by atoms with van der Waals surface area (Å²) in [4.78, 5) is 0. The minimum absolute atomic E-state index is 0.0975. The van der Waals surface area contributed by atoms with Crippen LogP contribution in [0.1, 0.15) is 143 Å². The standard InChI is InChI=1S/C24H49O/c1-5-9-11-13-15-17-21-24(20-8-4,23(25)19-7-3)22-18-16-14-12-10-6-2/h23H,5-22H2,1-4H3. The van der Waals surface area contributed by atoms with Gasteiger partial charge in [-0.2, -0.15) is 0 Å². The SMILES string of the molecule is CCCCCCCCC(CCC)(CCCCCCCC)C([O])CCC. The highest BCUT2D eigenvalue weighted by molar-refractivity contribution is 4.86. The highest BCUT2D eigenvalue weighted by Crippen LogP contribution is 2.41. The largest absolute Gasteiger partial charge is 0.233 e. The van der Waals surface area contributed by atoms with E-state index in [1.54, 1.807) is 0 Å². The molecule has 1 unspecified atom stereocenters. The molecule has 0 bridgehead atoms. The van der Waals surface area contributed by atoms with Gasteiger partial charge in [-0.25, -0.2) is 5.11 Å². The van der Waals surface area contributed by atoms with E-state index in [4.69, 9.17) is 0 Å². The molecule has 0 saturated heterocycles. The van der Waals surface area contributed by atoms with Crippen molar-refractivity contribution in [3.63, 3.8) is 0 Å². The van der Waals surface area contributed by atoms with E-state index in [9.17, 15) is 5.11 Å². The quantitative estimate of drug-likeness (QED) is 0.207. The number of rotatable bonds is 19. The monoisotopic (exact) mass is 353 g/mol. The van der Waals surface area contributed by atoms with Crippen LogP contribution in [-0.2, 0) is 5.11 Å². The summed E-state index contributed by atoms with van der Waals surface area (Å²) in [5.41, 5.74) is 0.0975. The molecule has 0 heterocycles. The first-order valence-electron chi connectivity index (χ1n) is 11.8. The molecular weight excluding hydrogens is 304 g/mol. The Morgan fingerprint density at radius 1 is 0.520 bits per heavy atom. The van der Waals surface area contributed by atoms with Gasteiger partial charge in [-0.3, -0.25) is 0 Å². The van der Waals surface area contributed by atoms with Crippen molar-refractivity contribution in [1.82, 2.24) is 0 Å². The molecule has 0 saturated carbocycles. The zero-order valence-electron chi connectivity index (χ0n) is 18.2. The van der Waals surface area contributed by atoms with Crippen LogP contribution in [0, 0.1) is 5.41 Å². The lowest BCUT2D eigenvalue weighted by atomic mass is 9.69. The summed E-state index contributed by atoms with van der Waals surface area (Å²) in [5.74, 6) is 0. The molecule has 151 valence electrons. The second-order valence-corrected chi connectivity index (χ2v) is 8.43. The van der Waals surface area contributed by atoms with Crippen LogP contribution in [-0.4, -0.2) is 6.10 Å². The highest BCUT2D eigenvalue weighted by atomic mass is 16.3. The molecular formula is C24H49O. The van der Waals surface area contributed by atoms with Gasteiger partial charge in [0.15, 0.2) is 0 Å². The summed E-state index contributed by atoms with van der Waals surface area (Å²) < 4.78 is 0. The maximum absolute atomic E-state index is 13.1. The van der Waals surface area contributed by atoms with Crippen molar-refractivity contribution in [2.75, 3.05) is 0 Å². The first kappa shape index (κ1) is 25.0. The van der Waals surface area contributed by atoms with Crippen molar-refractivity contribution < 1.29 is 5.11 Å². The normalized spacial score (nSPS) is 13.3. The zero-order chi connectivity index (χ0) is 18.8. The Hall–Kier alpha value is -0.0400. The van der Waals surface area contributed by atoms with E-state index >= 15 is 0 Å². The smallest absolute Gasteiger partial charge is 0.0985 e. The van der Waals surface area contributed by atoms with E-state index in [1.165, 1.54) is 96.3 Å². The Morgan fingerprint density at radius 2 is 0.960 bits per heavy atom. The van der Waals surface area contributed by atoms with Gasteiger partial charge in [0.2, 0.25) is 0 Å². The van der Waals surface area contributed by atoms with Gasteiger partial charge in [0.1, 0.15) is 0 Å². The van der Waals surface area contributed by atoms with E-state index < -0.39 is 0 Å². The molecule has 0 rings (SSSR count). The van der Waals surface area contributed by atoms with Crippen LogP contribution in [0.15, 0.2) is 0 Å². The van der Waals surface area contributed by atoms with Gasteiger partial charge in [0.25, 0.3) is 0 Å². The third-order valence-corrected chi connectivity index (χ3v) is 6.04. The van der Waals surface area contributed by atoms with Crippen LogP contribution >= 0.6 is 0 Å². The van der Waals surface area contributed by atoms with Crippen LogP contribution in [0.25, 0.3) is 0 Å². The molecule has 0 aliphatic rings. The van der Waals surface area contributed by atoms with Crippen molar-refractivity contribution in [3.8, 4) is 0 Å². The Labute approximate surface area is 160 Å². The minimum Gasteiger partial charge on any atom is -0.233 e. The first-order valence-corrected chi connectivity index (χ1v) is 11.8. The Morgan fingerprint density at radius 3 is 1.36 bits per heavy atom. The summed E-state index contributed by atoms with van der Waals surface area (Å²) in [6, 6.07) is 0. The lowest BCUT2D eigenvalue weighted by Gasteiger charge is -2.37. The predicted molar refractivity (Wildman–Crippen MR) is 113 cm³/mol. The first-order chi connectivity index (χ1) is 12.2. The Bertz CT molecular complexity index is 245. The second-order valence-electron chi connectivity index (χ2n) is 8.43. The number of hydrogen-bond donors (Lipinski definition) is 0. The van der Waals surface area contributed by atoms with Gasteiger partial charge >= 0.3 is 0 Å². The molecule has 0 aromatic carbocycles. The van der Waals surface area contributed by atoms with Crippen LogP contribution in [0.4, 0.5) is 0 Å². The number of unbranched alkanes of at least 4 members (excludes halogenated alkanes) is 10. The third kappa shape index (κ3) is 12.1. The van der Waals surface area contributed by atoms with E-state index in [0.717, 1.165) is 19.3 Å². The third-order valence-electron chi connectivity index (χ3n) is 6.04. The summed E-state index contributed by atoms with van der Waals surface area (Å²) in [7, 11) is 0. The zero-order valence-corrected chi connectivity index (χ0v) is 18.2. The fourth-order valence-electron chi connectivity index (χ4n) is 4.44. The van der Waals surface area contributed by atoms with Crippen molar-refractivity contribution in [2.24, 2.45) is 5.41 Å². The van der Waals surface area contributed by atoms with Crippen LogP contribution < -0.4 is 0 Å². The van der Waals surface area contributed by atoms with Crippen molar-refractivity contribution in [1.29, 1.82) is 0 Å². The second kappa shape index (κ2) is 17.4. The average Bonchev–Trinajstić information content (AvgIpc) is 2.61. The van der Waals surface area contributed by atoms with Gasteiger partial charge in [-0.05, 0) is 31.1 Å². The average molecular weight is 354 g/mol. The fraction of sp³-hybridized carbons (Fsp3) is 1.00. The van der Waals surface area contributed by atoms with Gasteiger partial charge < -0.3 is 0 Å². The maximum atomic E-state index is 13.1. The molecule has 1 radical (unpaired) electrons. The highest BCUT2D eigenvalue weighted by Gasteiger charge is 2.36. The van der Waals surface area contributed by atoms with Crippen molar-refractivity contribution >= 4 is 0 Å². The molecule has 0 aliphatic heterocycles. The molecule has 0 amide bonds. The fourth-order valence-corrected chi connectivity index (χ4v) is 4.44. The molecule has 25 heavy (non-hydrogen) atoms. The van der Waals surface area contributed by atoms with E-state index in [1.807, 2.05) is 0 Å². The summed E-state index contributed by atoms with van der Waals surface area (Å²) >= 11 is 0. The van der Waals surface area contributed by atoms with Crippen LogP contribution in [0.2, 0.25) is 0 Å². The summed E-state index contributed by atoms with van der Waals surface area (Å²) in [6.07, 6.45) is 22.4. The molecule has 0 spiro atoms. The molecule has 0 aromatic rings. The predicted octanol–water partition coefficient (Wildman–Crippen LogP) is 8.87. The van der Waals surface area contributed by atoms with E-state index in [2.05, 4.69) is 27.7 Å². The van der Waals surface area contributed by atoms with Crippen LogP contribution in [0.5, 0.6) is 0 Å². The molecule has 1 heteroatoms. The van der Waals surface area contributed by atoms with E-state index in [-0.39, 0.29) is 11.5 Å². The molecule has 1 atom stereocenters. The molecule has 0 aliphatic carbocycles. The van der Waals surface area contributed by atoms with Gasteiger partial charge in [0.05, 0.1) is 6.10 Å². The lowest BCUT2D eigenvalue weighted by Crippen LogP contribution is -2.34. The molecule has 1 nitrogen and oxygen atoms in total. The molecule has 0 N–H and O–H groups in total. The summed E-state index contributed by atoms with van der Waals surface area (Å²) in [6.45, 7) is 9.01. The van der Waals surface area contributed by atoms with Crippen LogP contribution in [0.3, 0.4) is 0 Å².